The fraction of sp³-hybridized carbons (Fsp3) is 0.160. The molecule has 0 bridgehead atoms. The summed E-state index contributed by atoms with van der Waals surface area (Å²) in [5, 5.41) is 3.10. The molecule has 3 aromatic rings. The van der Waals surface area contributed by atoms with E-state index in [-0.39, 0.29) is 5.91 Å². The van der Waals surface area contributed by atoms with Gasteiger partial charge in [0.15, 0.2) is 0 Å². The lowest BCUT2D eigenvalue weighted by Gasteiger charge is -2.34. The highest BCUT2D eigenvalue weighted by Gasteiger charge is 2.33. The van der Waals surface area contributed by atoms with E-state index in [2.05, 4.69) is 11.9 Å². The minimum atomic E-state index is -0.554. The van der Waals surface area contributed by atoms with Crippen LogP contribution in [0.1, 0.15) is 34.8 Å². The van der Waals surface area contributed by atoms with Gasteiger partial charge in [-0.15, -0.1) is 6.58 Å². The Kier molecular flexibility index (Phi) is 5.44. The van der Waals surface area contributed by atoms with Gasteiger partial charge in [0.05, 0.1) is 1.37 Å². The molecule has 2 nitrogen and oxygen atoms in total. The molecule has 3 aromatic carbocycles. The lowest BCUT2D eigenvalue weighted by Crippen LogP contribution is -2.41. The fourth-order valence-electron chi connectivity index (χ4n) is 3.40. The van der Waals surface area contributed by atoms with Crippen molar-refractivity contribution >= 4 is 5.91 Å². The normalized spacial score (nSPS) is 11.5. The molecular weight excluding hydrogens is 330 g/mol. The average Bonchev–Trinajstić information content (AvgIpc) is 2.72. The number of aryl methyl sites for hydroxylation is 1. The molecule has 27 heavy (non-hydrogen) atoms. The largest absolute Gasteiger partial charge is 0.351 e. The van der Waals surface area contributed by atoms with Crippen molar-refractivity contribution in [1.29, 1.82) is 0 Å². The number of rotatable bonds is 7. The molecule has 0 atom stereocenters. The standard InChI is InChI=1S/C25H25NO/c1-3-18-25(22-10-6-4-7-11-22,23-12-8-5-9-13-23)19-26-24(27)21-16-14-20(2)15-17-21/h3-17H,1,18-19H2,2H3,(H,26,27)/i3D. The maximum atomic E-state index is 12.8. The highest BCUT2D eigenvalue weighted by molar-refractivity contribution is 5.94. The molecule has 0 saturated heterocycles. The molecule has 0 heterocycles. The molecule has 0 radical (unpaired) electrons. The molecule has 0 aliphatic rings. The fourth-order valence-corrected chi connectivity index (χ4v) is 3.40. The summed E-state index contributed by atoms with van der Waals surface area (Å²) in [7, 11) is 0. The summed E-state index contributed by atoms with van der Waals surface area (Å²) in [4.78, 5) is 12.8. The van der Waals surface area contributed by atoms with Gasteiger partial charge < -0.3 is 5.32 Å². The first kappa shape index (κ1) is 17.3. The summed E-state index contributed by atoms with van der Waals surface area (Å²) in [5.41, 5.74) is 3.30. The Labute approximate surface area is 163 Å². The Hall–Kier alpha value is -3.13. The van der Waals surface area contributed by atoms with Crippen molar-refractivity contribution in [2.75, 3.05) is 6.54 Å². The van der Waals surface area contributed by atoms with E-state index < -0.39 is 5.41 Å². The second-order valence-corrected chi connectivity index (χ2v) is 6.79. The minimum absolute atomic E-state index is 0.119. The number of hydrogen-bond acceptors (Lipinski definition) is 1. The molecule has 3 rings (SSSR count). The zero-order chi connectivity index (χ0) is 20.0. The minimum Gasteiger partial charge on any atom is -0.351 e. The van der Waals surface area contributed by atoms with Crippen LogP contribution in [0.15, 0.2) is 97.6 Å². The Morgan fingerprint density at radius 2 is 1.48 bits per heavy atom. The highest BCUT2D eigenvalue weighted by atomic mass is 16.1. The third kappa shape index (κ3) is 4.17. The van der Waals surface area contributed by atoms with Crippen molar-refractivity contribution in [3.8, 4) is 0 Å². The molecule has 2 heteroatoms. The first-order valence-electron chi connectivity index (χ1n) is 9.61. The van der Waals surface area contributed by atoms with E-state index in [4.69, 9.17) is 1.37 Å². The van der Waals surface area contributed by atoms with Gasteiger partial charge in [-0.3, -0.25) is 4.79 Å². The second-order valence-electron chi connectivity index (χ2n) is 6.79. The lowest BCUT2D eigenvalue weighted by atomic mass is 9.72. The molecule has 0 saturated carbocycles. The van der Waals surface area contributed by atoms with Gasteiger partial charge in [-0.25, -0.2) is 0 Å². The van der Waals surface area contributed by atoms with Gasteiger partial charge in [0.25, 0.3) is 5.91 Å². The van der Waals surface area contributed by atoms with Crippen LogP contribution in [0.25, 0.3) is 0 Å². The van der Waals surface area contributed by atoms with E-state index in [0.29, 0.717) is 24.6 Å². The topological polar surface area (TPSA) is 29.1 Å². The van der Waals surface area contributed by atoms with E-state index in [9.17, 15) is 4.79 Å². The predicted molar refractivity (Wildman–Crippen MR) is 112 cm³/mol. The van der Waals surface area contributed by atoms with Crippen LogP contribution in [0.2, 0.25) is 0 Å². The van der Waals surface area contributed by atoms with Crippen LogP contribution in [-0.2, 0) is 5.41 Å². The summed E-state index contributed by atoms with van der Waals surface area (Å²) in [6.45, 7) is 6.22. The maximum absolute atomic E-state index is 12.8. The number of nitrogens with one attached hydrogen (secondary N) is 1. The Bertz CT molecular complexity index is 894. The van der Waals surface area contributed by atoms with Gasteiger partial charge in [-0.2, -0.15) is 0 Å². The zero-order valence-electron chi connectivity index (χ0n) is 16.6. The van der Waals surface area contributed by atoms with Gasteiger partial charge in [-0.1, -0.05) is 84.4 Å². The maximum Gasteiger partial charge on any atom is 0.251 e. The van der Waals surface area contributed by atoms with Gasteiger partial charge in [0.1, 0.15) is 0 Å². The molecule has 0 fully saturated rings. The molecule has 0 spiro atoms. The van der Waals surface area contributed by atoms with E-state index in [1.807, 2.05) is 91.9 Å². The summed E-state index contributed by atoms with van der Waals surface area (Å²) in [6.07, 6.45) is 0.426. The molecule has 1 amide bonds. The number of carbonyl (C=O) groups excluding carboxylic acids is 1. The van der Waals surface area contributed by atoms with Gasteiger partial charge in [-0.05, 0) is 36.6 Å². The van der Waals surface area contributed by atoms with Crippen LogP contribution < -0.4 is 5.32 Å². The van der Waals surface area contributed by atoms with Crippen molar-refractivity contribution in [2.45, 2.75) is 18.8 Å². The quantitative estimate of drug-likeness (QED) is 0.573. The Balaban J connectivity index is 1.99. The number of allylic oxidation sites excluding steroid dienone is 1. The lowest BCUT2D eigenvalue weighted by molar-refractivity contribution is 0.0946. The van der Waals surface area contributed by atoms with E-state index >= 15 is 0 Å². The van der Waals surface area contributed by atoms with Crippen molar-refractivity contribution in [3.63, 3.8) is 0 Å². The van der Waals surface area contributed by atoms with Crippen molar-refractivity contribution in [1.82, 2.24) is 5.32 Å². The SMILES string of the molecule is [2H]C(=C)CC(CNC(=O)c1ccc(C)cc1)(c1ccccc1)c1ccccc1. The summed E-state index contributed by atoms with van der Waals surface area (Å²) in [6, 6.07) is 28.0. The first-order valence-corrected chi connectivity index (χ1v) is 9.11. The Morgan fingerprint density at radius 3 is 1.96 bits per heavy atom. The molecule has 0 unspecified atom stereocenters. The predicted octanol–water partition coefficient (Wildman–Crippen LogP) is 5.29. The van der Waals surface area contributed by atoms with Crippen LogP contribution >= 0.6 is 0 Å². The van der Waals surface area contributed by atoms with Crippen molar-refractivity contribution in [3.05, 3.63) is 120 Å². The van der Waals surface area contributed by atoms with Gasteiger partial charge >= 0.3 is 0 Å². The zero-order valence-corrected chi connectivity index (χ0v) is 15.6. The monoisotopic (exact) mass is 356 g/mol. The first-order chi connectivity index (χ1) is 13.5. The number of carbonyl (C=O) groups is 1. The van der Waals surface area contributed by atoms with Crippen LogP contribution in [0.5, 0.6) is 0 Å². The molecule has 0 aliphatic heterocycles. The van der Waals surface area contributed by atoms with E-state index in [1.54, 1.807) is 0 Å². The van der Waals surface area contributed by atoms with Crippen LogP contribution in [0.4, 0.5) is 0 Å². The summed E-state index contributed by atoms with van der Waals surface area (Å²) >= 11 is 0. The van der Waals surface area contributed by atoms with Crippen molar-refractivity contribution < 1.29 is 6.17 Å². The smallest absolute Gasteiger partial charge is 0.251 e. The molecule has 0 aromatic heterocycles. The number of hydrogen-bond donors (Lipinski definition) is 1. The average molecular weight is 356 g/mol. The van der Waals surface area contributed by atoms with Crippen LogP contribution in [0, 0.1) is 6.92 Å². The third-order valence-corrected chi connectivity index (χ3v) is 4.94. The van der Waals surface area contributed by atoms with Crippen molar-refractivity contribution in [2.24, 2.45) is 0 Å². The molecular formula is C25H25NO. The van der Waals surface area contributed by atoms with E-state index in [1.165, 1.54) is 0 Å². The summed E-state index contributed by atoms with van der Waals surface area (Å²) < 4.78 is 8.10. The number of amides is 1. The second kappa shape index (κ2) is 8.50. The molecule has 136 valence electrons. The third-order valence-electron chi connectivity index (χ3n) is 4.94. The molecule has 0 aliphatic carbocycles. The van der Waals surface area contributed by atoms with Crippen LogP contribution in [0.3, 0.4) is 0 Å². The molecule has 1 N–H and O–H groups in total. The Morgan fingerprint density at radius 1 is 0.963 bits per heavy atom. The van der Waals surface area contributed by atoms with E-state index in [0.717, 1.165) is 16.7 Å². The summed E-state index contributed by atoms with van der Waals surface area (Å²) in [5.74, 6) is -0.119. The highest BCUT2D eigenvalue weighted by Crippen LogP contribution is 2.35. The van der Waals surface area contributed by atoms with Gasteiger partial charge in [0, 0.05) is 17.5 Å². The van der Waals surface area contributed by atoms with Crippen LogP contribution in [-0.4, -0.2) is 12.5 Å². The van der Waals surface area contributed by atoms with Gasteiger partial charge in [0.2, 0.25) is 0 Å². The number of benzene rings is 3.